The summed E-state index contributed by atoms with van der Waals surface area (Å²) in [6.45, 7) is 2.01. The predicted octanol–water partition coefficient (Wildman–Crippen LogP) is 4.63. The zero-order valence-corrected chi connectivity index (χ0v) is 13.9. The van der Waals surface area contributed by atoms with E-state index < -0.39 is 11.8 Å². The van der Waals surface area contributed by atoms with Gasteiger partial charge in [0.2, 0.25) is 5.78 Å². The van der Waals surface area contributed by atoms with Crippen LogP contribution in [0.2, 0.25) is 0 Å². The molecule has 0 bridgehead atoms. The number of esters is 1. The lowest BCUT2D eigenvalue weighted by atomic mass is 10.0. The summed E-state index contributed by atoms with van der Waals surface area (Å²) >= 11 is 0. The molecule has 0 radical (unpaired) electrons. The largest absolute Gasteiger partial charge is 0.511 e. The van der Waals surface area contributed by atoms with Crippen molar-refractivity contribution in [2.75, 3.05) is 6.61 Å². The van der Waals surface area contributed by atoms with Crippen molar-refractivity contribution >= 4 is 11.8 Å². The van der Waals surface area contributed by atoms with E-state index in [0.717, 1.165) is 19.3 Å². The number of cyclic esters (lactones) is 1. The predicted molar refractivity (Wildman–Crippen MR) is 86.7 cm³/mol. The van der Waals surface area contributed by atoms with Crippen molar-refractivity contribution in [2.45, 2.75) is 84.0 Å². The van der Waals surface area contributed by atoms with Gasteiger partial charge in [-0.1, -0.05) is 71.1 Å². The number of aliphatic hydroxyl groups is 1. The summed E-state index contributed by atoms with van der Waals surface area (Å²) in [5.41, 5.74) is -0.132. The van der Waals surface area contributed by atoms with Crippen LogP contribution in [0.1, 0.15) is 84.0 Å². The summed E-state index contributed by atoms with van der Waals surface area (Å²) in [6.07, 6.45) is 13.9. The molecule has 0 atom stereocenters. The van der Waals surface area contributed by atoms with Gasteiger partial charge in [-0.2, -0.15) is 0 Å². The number of unbranched alkanes of at least 4 members (excludes halogenated alkanes) is 10. The van der Waals surface area contributed by atoms with Crippen molar-refractivity contribution in [2.24, 2.45) is 0 Å². The zero-order chi connectivity index (χ0) is 16.2. The highest BCUT2D eigenvalue weighted by Crippen LogP contribution is 2.18. The topological polar surface area (TPSA) is 63.6 Å². The fourth-order valence-electron chi connectivity index (χ4n) is 2.75. The van der Waals surface area contributed by atoms with E-state index in [1.165, 1.54) is 51.4 Å². The Hall–Kier alpha value is -1.32. The Bertz CT molecular complexity index is 367. The summed E-state index contributed by atoms with van der Waals surface area (Å²) in [6, 6.07) is 0. The summed E-state index contributed by atoms with van der Waals surface area (Å²) in [5, 5.41) is 9.79. The van der Waals surface area contributed by atoms with Crippen molar-refractivity contribution in [1.82, 2.24) is 0 Å². The van der Waals surface area contributed by atoms with E-state index in [1.54, 1.807) is 0 Å². The fraction of sp³-hybridized carbons (Fsp3) is 0.778. The maximum absolute atomic E-state index is 11.4. The quantitative estimate of drug-likeness (QED) is 0.188. The van der Waals surface area contributed by atoms with Crippen LogP contribution in [0.5, 0.6) is 0 Å². The zero-order valence-electron chi connectivity index (χ0n) is 13.9. The number of aliphatic hydroxyl groups excluding tert-OH is 1. The van der Waals surface area contributed by atoms with Crippen LogP contribution in [0, 0.1) is 0 Å². The van der Waals surface area contributed by atoms with E-state index >= 15 is 0 Å². The maximum Gasteiger partial charge on any atom is 0.345 e. The molecule has 1 saturated heterocycles. The van der Waals surface area contributed by atoms with Crippen LogP contribution in [0.3, 0.4) is 0 Å². The molecule has 0 amide bonds. The van der Waals surface area contributed by atoms with Gasteiger partial charge in [0.25, 0.3) is 0 Å². The van der Waals surface area contributed by atoms with Gasteiger partial charge in [0.1, 0.15) is 11.3 Å². The van der Waals surface area contributed by atoms with Crippen LogP contribution >= 0.6 is 0 Å². The van der Waals surface area contributed by atoms with Crippen molar-refractivity contribution in [1.29, 1.82) is 0 Å². The second kappa shape index (κ2) is 11.3. The van der Waals surface area contributed by atoms with Gasteiger partial charge in [0.05, 0.1) is 0 Å². The molecule has 0 aromatic carbocycles. The molecule has 4 heteroatoms. The van der Waals surface area contributed by atoms with E-state index in [-0.39, 0.29) is 17.9 Å². The van der Waals surface area contributed by atoms with Crippen molar-refractivity contribution in [3.05, 3.63) is 11.3 Å². The average molecular weight is 310 g/mol. The molecule has 0 spiro atoms. The molecule has 0 aromatic rings. The minimum absolute atomic E-state index is 0.0941. The van der Waals surface area contributed by atoms with Crippen molar-refractivity contribution < 1.29 is 19.4 Å². The molecule has 1 fully saturated rings. The van der Waals surface area contributed by atoms with Crippen LogP contribution in [0.4, 0.5) is 0 Å². The van der Waals surface area contributed by atoms with Crippen LogP contribution in [-0.4, -0.2) is 23.5 Å². The summed E-state index contributed by atoms with van der Waals surface area (Å²) in [7, 11) is 0. The van der Waals surface area contributed by atoms with E-state index in [4.69, 9.17) is 0 Å². The minimum atomic E-state index is -0.675. The molecular weight excluding hydrogens is 280 g/mol. The number of carbonyl (C=O) groups is 2. The van der Waals surface area contributed by atoms with Crippen LogP contribution < -0.4 is 0 Å². The molecule has 1 heterocycles. The number of rotatable bonds is 12. The highest BCUT2D eigenvalue weighted by Gasteiger charge is 2.31. The van der Waals surface area contributed by atoms with Gasteiger partial charge >= 0.3 is 5.97 Å². The number of hydrogen-bond acceptors (Lipinski definition) is 4. The maximum atomic E-state index is 11.4. The molecule has 1 rings (SSSR count). The number of allylic oxidation sites excluding steroid dienone is 1. The van der Waals surface area contributed by atoms with Gasteiger partial charge in [0, 0.05) is 6.42 Å². The number of hydrogen-bond donors (Lipinski definition) is 1. The van der Waals surface area contributed by atoms with Crippen molar-refractivity contribution in [3.63, 3.8) is 0 Å². The second-order valence-electron chi connectivity index (χ2n) is 6.11. The minimum Gasteiger partial charge on any atom is -0.511 e. The fourth-order valence-corrected chi connectivity index (χ4v) is 2.75. The first-order chi connectivity index (χ1) is 10.7. The molecule has 1 aliphatic heterocycles. The highest BCUT2D eigenvalue weighted by molar-refractivity contribution is 6.22. The third-order valence-electron chi connectivity index (χ3n) is 4.12. The van der Waals surface area contributed by atoms with Crippen molar-refractivity contribution in [3.8, 4) is 0 Å². The lowest BCUT2D eigenvalue weighted by molar-refractivity contribution is -0.135. The Balaban J connectivity index is 1.98. The Morgan fingerprint density at radius 2 is 1.41 bits per heavy atom. The van der Waals surface area contributed by atoms with E-state index in [0.29, 0.717) is 6.42 Å². The Kier molecular flexibility index (Phi) is 9.60. The standard InChI is InChI=1S/C18H30O4/c1-2-3-4-5-6-7-8-9-10-11-12-13-15(19)17-16(20)14-22-18(17)21/h19H,2-14H2,1H3. The SMILES string of the molecule is CCCCCCCCCCCCCC(O)=C1C(=O)COC1=O. The molecule has 1 aliphatic rings. The number of ether oxygens (including phenoxy) is 1. The summed E-state index contributed by atoms with van der Waals surface area (Å²) in [4.78, 5) is 22.6. The smallest absolute Gasteiger partial charge is 0.345 e. The molecule has 22 heavy (non-hydrogen) atoms. The molecular formula is C18H30O4. The molecule has 0 unspecified atom stereocenters. The molecule has 0 saturated carbocycles. The third-order valence-corrected chi connectivity index (χ3v) is 4.12. The van der Waals surface area contributed by atoms with Gasteiger partial charge in [-0.25, -0.2) is 4.79 Å². The number of Topliss-reactive ketones (excluding diaryl/α,β-unsaturated/α-hetero) is 1. The summed E-state index contributed by atoms with van der Waals surface area (Å²) in [5.74, 6) is -1.17. The Morgan fingerprint density at radius 3 is 1.86 bits per heavy atom. The first-order valence-electron chi connectivity index (χ1n) is 8.79. The normalized spacial score (nSPS) is 17.0. The Morgan fingerprint density at radius 1 is 0.909 bits per heavy atom. The van der Waals surface area contributed by atoms with Gasteiger partial charge in [0.15, 0.2) is 6.61 Å². The number of carbonyl (C=O) groups excluding carboxylic acids is 2. The van der Waals surface area contributed by atoms with E-state index in [1.807, 2.05) is 0 Å². The average Bonchev–Trinajstić information content (AvgIpc) is 2.83. The highest BCUT2D eigenvalue weighted by atomic mass is 16.5. The lowest BCUT2D eigenvalue weighted by Crippen LogP contribution is -2.05. The van der Waals surface area contributed by atoms with Gasteiger partial charge in [-0.15, -0.1) is 0 Å². The monoisotopic (exact) mass is 310 g/mol. The third kappa shape index (κ3) is 7.10. The van der Waals surface area contributed by atoms with Gasteiger partial charge in [-0.05, 0) is 6.42 Å². The summed E-state index contributed by atoms with van der Waals surface area (Å²) < 4.78 is 4.60. The van der Waals surface area contributed by atoms with E-state index in [9.17, 15) is 14.7 Å². The van der Waals surface area contributed by atoms with Crippen LogP contribution in [0.15, 0.2) is 11.3 Å². The first kappa shape index (κ1) is 18.7. The molecule has 1 N–H and O–H groups in total. The van der Waals surface area contributed by atoms with Crippen LogP contribution in [-0.2, 0) is 14.3 Å². The first-order valence-corrected chi connectivity index (χ1v) is 8.79. The Labute approximate surface area is 133 Å². The molecule has 0 aliphatic carbocycles. The van der Waals surface area contributed by atoms with E-state index in [2.05, 4.69) is 11.7 Å². The van der Waals surface area contributed by atoms with Gasteiger partial charge < -0.3 is 9.84 Å². The molecule has 4 nitrogen and oxygen atoms in total. The lowest BCUT2D eigenvalue weighted by Gasteiger charge is -2.03. The van der Waals surface area contributed by atoms with Crippen LogP contribution in [0.25, 0.3) is 0 Å². The van der Waals surface area contributed by atoms with Gasteiger partial charge in [-0.3, -0.25) is 4.79 Å². The molecule has 0 aromatic heterocycles. The second-order valence-corrected chi connectivity index (χ2v) is 6.11. The molecule has 126 valence electrons. The number of ketones is 1.